The van der Waals surface area contributed by atoms with E-state index in [1.165, 1.54) is 32.9 Å². The Balaban J connectivity index is 1.10. The van der Waals surface area contributed by atoms with E-state index in [1.54, 1.807) is 0 Å². The van der Waals surface area contributed by atoms with E-state index in [9.17, 15) is 0 Å². The molecule has 54 heavy (non-hydrogen) atoms. The maximum atomic E-state index is 6.59. The average molecular weight is 693 g/mol. The van der Waals surface area contributed by atoms with Gasteiger partial charge in [0.2, 0.25) is 0 Å². The largest absolute Gasteiger partial charge is 0.454 e. The van der Waals surface area contributed by atoms with Crippen molar-refractivity contribution in [1.29, 1.82) is 0 Å². The lowest BCUT2D eigenvalue weighted by atomic mass is 9.74. The zero-order valence-corrected chi connectivity index (χ0v) is 29.7. The molecule has 1 aliphatic rings. The highest BCUT2D eigenvalue weighted by atomic mass is 16.3. The Morgan fingerprint density at radius 1 is 0.500 bits per heavy atom. The monoisotopic (exact) mass is 692 g/mol. The third-order valence-corrected chi connectivity index (χ3v) is 11.7. The molecule has 254 valence electrons. The SMILES string of the molecule is CC1(C)c2ccc(-c3nc(-c4ccc5c(c4)c4ccccc4n5-c4ccccc4)nc4ccccc34)cc2-n2c3c1cccc3c1oc3ccccc3c12. The van der Waals surface area contributed by atoms with E-state index in [-0.39, 0.29) is 5.41 Å². The summed E-state index contributed by atoms with van der Waals surface area (Å²) in [7, 11) is 0. The van der Waals surface area contributed by atoms with E-state index in [0.29, 0.717) is 5.82 Å². The summed E-state index contributed by atoms with van der Waals surface area (Å²) in [6, 6.07) is 56.1. The fraction of sp³-hybridized carbons (Fsp3) is 0.0612. The summed E-state index contributed by atoms with van der Waals surface area (Å²) in [5, 5.41) is 5.65. The first-order valence-electron chi connectivity index (χ1n) is 18.5. The van der Waals surface area contributed by atoms with Crippen molar-refractivity contribution in [1.82, 2.24) is 19.1 Å². The van der Waals surface area contributed by atoms with Gasteiger partial charge in [0.1, 0.15) is 11.1 Å². The number of hydrogen-bond donors (Lipinski definition) is 0. The minimum atomic E-state index is -0.220. The number of hydrogen-bond acceptors (Lipinski definition) is 3. The minimum absolute atomic E-state index is 0.220. The van der Waals surface area contributed by atoms with Crippen LogP contribution in [-0.4, -0.2) is 19.1 Å². The second-order valence-electron chi connectivity index (χ2n) is 15.0. The molecule has 0 fully saturated rings. The Bertz CT molecular complexity index is 3360. The lowest BCUT2D eigenvalue weighted by Gasteiger charge is -2.35. The zero-order valence-electron chi connectivity index (χ0n) is 29.7. The maximum Gasteiger partial charge on any atom is 0.161 e. The van der Waals surface area contributed by atoms with Gasteiger partial charge in [-0.1, -0.05) is 105 Å². The van der Waals surface area contributed by atoms with E-state index in [1.807, 2.05) is 6.07 Å². The Labute approximate surface area is 310 Å². The summed E-state index contributed by atoms with van der Waals surface area (Å²) < 4.78 is 11.4. The van der Waals surface area contributed by atoms with E-state index in [2.05, 4.69) is 175 Å². The van der Waals surface area contributed by atoms with Crippen molar-refractivity contribution in [2.45, 2.75) is 19.3 Å². The Morgan fingerprint density at radius 2 is 1.22 bits per heavy atom. The normalized spacial score (nSPS) is 13.5. The molecule has 0 amide bonds. The van der Waals surface area contributed by atoms with Crippen molar-refractivity contribution in [2.75, 3.05) is 0 Å². The molecule has 0 bridgehead atoms. The highest BCUT2D eigenvalue weighted by molar-refractivity contribution is 6.18. The third kappa shape index (κ3) is 3.88. The molecule has 5 nitrogen and oxygen atoms in total. The highest BCUT2D eigenvalue weighted by Crippen LogP contribution is 2.50. The van der Waals surface area contributed by atoms with Gasteiger partial charge in [0, 0.05) is 49.2 Å². The standard InChI is InChI=1S/C49H32N4O/c1-49(2)37-25-23-29(28-42(37)53-45-35(18-12-19-38(45)49)47-46(53)34-17-8-11-22-43(34)54-47)44-33-16-6-9-20-39(33)50-48(51-44)30-24-26-41-36(27-30)32-15-7-10-21-40(32)52(41)31-13-4-3-5-14-31/h3-28H,1-2H3. The lowest BCUT2D eigenvalue weighted by Crippen LogP contribution is -2.26. The maximum absolute atomic E-state index is 6.59. The minimum Gasteiger partial charge on any atom is -0.454 e. The van der Waals surface area contributed by atoms with Gasteiger partial charge in [-0.05, 0) is 77.9 Å². The van der Waals surface area contributed by atoms with Gasteiger partial charge in [0.05, 0.1) is 33.4 Å². The number of para-hydroxylation sites is 5. The first kappa shape index (κ1) is 29.6. The molecule has 11 aromatic rings. The van der Waals surface area contributed by atoms with Crippen LogP contribution in [0.15, 0.2) is 162 Å². The fourth-order valence-electron chi connectivity index (χ4n) is 9.19. The number of aromatic nitrogens is 4. The molecule has 0 unspecified atom stereocenters. The quantitative estimate of drug-likeness (QED) is 0.185. The van der Waals surface area contributed by atoms with Gasteiger partial charge in [-0.25, -0.2) is 9.97 Å². The highest BCUT2D eigenvalue weighted by Gasteiger charge is 2.36. The molecular formula is C49H32N4O. The van der Waals surface area contributed by atoms with Crippen molar-refractivity contribution in [3.05, 3.63) is 169 Å². The molecule has 0 radical (unpaired) electrons. The molecule has 5 heteroatoms. The van der Waals surface area contributed by atoms with Gasteiger partial charge in [0.15, 0.2) is 11.4 Å². The summed E-state index contributed by atoms with van der Waals surface area (Å²) in [6.45, 7) is 4.67. The van der Waals surface area contributed by atoms with Crippen molar-refractivity contribution in [3.8, 4) is 34.0 Å². The van der Waals surface area contributed by atoms with Gasteiger partial charge < -0.3 is 13.6 Å². The summed E-state index contributed by atoms with van der Waals surface area (Å²) >= 11 is 0. The lowest BCUT2D eigenvalue weighted by molar-refractivity contribution is 0.630. The van der Waals surface area contributed by atoms with Gasteiger partial charge in [-0.15, -0.1) is 0 Å². The summed E-state index contributed by atoms with van der Waals surface area (Å²) in [5.41, 5.74) is 15.0. The predicted octanol–water partition coefficient (Wildman–Crippen LogP) is 12.5. The molecule has 5 heterocycles. The molecule has 0 saturated carbocycles. The molecule has 1 aliphatic heterocycles. The van der Waals surface area contributed by atoms with Crippen molar-refractivity contribution < 1.29 is 4.42 Å². The fourth-order valence-corrected chi connectivity index (χ4v) is 9.19. The number of furan rings is 1. The molecule has 0 atom stereocenters. The van der Waals surface area contributed by atoms with Gasteiger partial charge in [-0.2, -0.15) is 0 Å². The second kappa shape index (κ2) is 10.6. The smallest absolute Gasteiger partial charge is 0.161 e. The van der Waals surface area contributed by atoms with E-state index in [0.717, 1.165) is 72.1 Å². The van der Waals surface area contributed by atoms with Crippen LogP contribution in [0.2, 0.25) is 0 Å². The van der Waals surface area contributed by atoms with Crippen LogP contribution in [0.1, 0.15) is 25.0 Å². The molecular weight excluding hydrogens is 661 g/mol. The van der Waals surface area contributed by atoms with Crippen LogP contribution in [0.5, 0.6) is 0 Å². The van der Waals surface area contributed by atoms with Gasteiger partial charge >= 0.3 is 0 Å². The van der Waals surface area contributed by atoms with Crippen LogP contribution in [-0.2, 0) is 5.41 Å². The first-order valence-corrected chi connectivity index (χ1v) is 18.5. The number of rotatable bonds is 3. The molecule has 12 rings (SSSR count). The number of benzene rings is 7. The van der Waals surface area contributed by atoms with Crippen LogP contribution >= 0.6 is 0 Å². The van der Waals surface area contributed by atoms with E-state index in [4.69, 9.17) is 14.4 Å². The molecule has 4 aromatic heterocycles. The number of nitrogens with zero attached hydrogens (tertiary/aromatic N) is 4. The Morgan fingerprint density at radius 3 is 2.11 bits per heavy atom. The van der Waals surface area contributed by atoms with Crippen LogP contribution in [0.3, 0.4) is 0 Å². The van der Waals surface area contributed by atoms with Gasteiger partial charge in [0.25, 0.3) is 0 Å². The number of fused-ring (bicyclic) bond motifs is 11. The summed E-state index contributed by atoms with van der Waals surface area (Å²) in [4.78, 5) is 10.6. The zero-order chi connectivity index (χ0) is 35.7. The summed E-state index contributed by atoms with van der Waals surface area (Å²) in [6.07, 6.45) is 0. The molecule has 0 spiro atoms. The van der Waals surface area contributed by atoms with Crippen LogP contribution < -0.4 is 0 Å². The van der Waals surface area contributed by atoms with Crippen molar-refractivity contribution in [3.63, 3.8) is 0 Å². The molecule has 7 aromatic carbocycles. The van der Waals surface area contributed by atoms with Crippen molar-refractivity contribution in [2.24, 2.45) is 0 Å². The van der Waals surface area contributed by atoms with Gasteiger partial charge in [-0.3, -0.25) is 0 Å². The molecule has 0 saturated heterocycles. The summed E-state index contributed by atoms with van der Waals surface area (Å²) in [5.74, 6) is 0.706. The molecule has 0 N–H and O–H groups in total. The van der Waals surface area contributed by atoms with E-state index >= 15 is 0 Å². The third-order valence-electron chi connectivity index (χ3n) is 11.7. The first-order chi connectivity index (χ1) is 26.5. The topological polar surface area (TPSA) is 48.8 Å². The van der Waals surface area contributed by atoms with Crippen LogP contribution in [0.25, 0.3) is 99.7 Å². The second-order valence-corrected chi connectivity index (χ2v) is 15.0. The predicted molar refractivity (Wildman–Crippen MR) is 221 cm³/mol. The Kier molecular flexibility index (Phi) is 5.78. The van der Waals surface area contributed by atoms with E-state index < -0.39 is 0 Å². The van der Waals surface area contributed by atoms with Crippen molar-refractivity contribution >= 4 is 65.7 Å². The van der Waals surface area contributed by atoms with Crippen LogP contribution in [0.4, 0.5) is 0 Å². The van der Waals surface area contributed by atoms with Crippen LogP contribution in [0, 0.1) is 0 Å². The molecule has 0 aliphatic carbocycles. The Hall–Kier alpha value is -6.98. The average Bonchev–Trinajstić information content (AvgIpc) is 3.87.